The number of likely N-dealkylation sites (N-methyl/N-ethyl adjacent to an activating group) is 1. The maximum absolute atomic E-state index is 6.06. The molecule has 1 saturated carbocycles. The van der Waals surface area contributed by atoms with Crippen LogP contribution < -0.4 is 5.32 Å². The number of hydrogen-bond donors (Lipinski definition) is 1. The summed E-state index contributed by atoms with van der Waals surface area (Å²) in [5, 5.41) is 3.69. The van der Waals surface area contributed by atoms with Gasteiger partial charge in [0.05, 0.1) is 12.1 Å². The normalized spacial score (nSPS) is 28.3. The molecule has 0 amide bonds. The van der Waals surface area contributed by atoms with Crippen LogP contribution in [0.4, 0.5) is 0 Å². The van der Waals surface area contributed by atoms with E-state index in [0.29, 0.717) is 18.1 Å². The van der Waals surface area contributed by atoms with Gasteiger partial charge in [-0.05, 0) is 48.8 Å². The first-order chi connectivity index (χ1) is 9.81. The molecule has 1 aliphatic heterocycles. The van der Waals surface area contributed by atoms with Crippen molar-refractivity contribution in [1.29, 1.82) is 0 Å². The van der Waals surface area contributed by atoms with E-state index in [0.717, 1.165) is 19.1 Å². The topological polar surface area (TPSA) is 21.3 Å². The van der Waals surface area contributed by atoms with Gasteiger partial charge in [0.25, 0.3) is 0 Å². The maximum Gasteiger partial charge on any atom is 0.0796 e. The van der Waals surface area contributed by atoms with E-state index in [9.17, 15) is 0 Å². The highest BCUT2D eigenvalue weighted by atomic mass is 16.5. The van der Waals surface area contributed by atoms with Crippen LogP contribution in [0.3, 0.4) is 0 Å². The van der Waals surface area contributed by atoms with E-state index >= 15 is 0 Å². The minimum absolute atomic E-state index is 0.330. The lowest BCUT2D eigenvalue weighted by Gasteiger charge is -2.33. The Bertz CT molecular complexity index is 441. The Labute approximate surface area is 122 Å². The number of hydrogen-bond acceptors (Lipinski definition) is 2. The molecule has 3 unspecified atom stereocenters. The van der Waals surface area contributed by atoms with Gasteiger partial charge < -0.3 is 10.1 Å². The number of rotatable bonds is 5. The van der Waals surface area contributed by atoms with Crippen LogP contribution in [0.25, 0.3) is 0 Å². The Hall–Kier alpha value is -0.860. The van der Waals surface area contributed by atoms with Crippen molar-refractivity contribution in [3.05, 3.63) is 35.4 Å². The molecule has 3 rings (SSSR count). The summed E-state index contributed by atoms with van der Waals surface area (Å²) in [6.07, 6.45) is 5.63. The molecule has 0 spiro atoms. The molecular weight excluding hydrogens is 246 g/mol. The van der Waals surface area contributed by atoms with Crippen LogP contribution in [-0.4, -0.2) is 19.3 Å². The molecule has 1 saturated heterocycles. The molecule has 1 aliphatic carbocycles. The molecule has 1 N–H and O–H groups in total. The SMILES string of the molecule is CCNC(c1ccccc1C1CCC1)C1OCCC1C. The van der Waals surface area contributed by atoms with Crippen molar-refractivity contribution in [2.24, 2.45) is 5.92 Å². The lowest BCUT2D eigenvalue weighted by atomic mass is 9.76. The van der Waals surface area contributed by atoms with Crippen molar-refractivity contribution in [3.63, 3.8) is 0 Å². The predicted molar refractivity (Wildman–Crippen MR) is 83.0 cm³/mol. The Balaban J connectivity index is 1.90. The minimum Gasteiger partial charge on any atom is -0.376 e. The first-order valence-electron chi connectivity index (χ1n) is 8.25. The van der Waals surface area contributed by atoms with Gasteiger partial charge in [0.15, 0.2) is 0 Å². The Morgan fingerprint density at radius 1 is 1.25 bits per heavy atom. The molecule has 0 radical (unpaired) electrons. The van der Waals surface area contributed by atoms with E-state index in [2.05, 4.69) is 43.4 Å². The lowest BCUT2D eigenvalue weighted by molar-refractivity contribution is 0.0607. The van der Waals surface area contributed by atoms with Crippen LogP contribution in [0.1, 0.15) is 62.6 Å². The van der Waals surface area contributed by atoms with Crippen LogP contribution in [0.2, 0.25) is 0 Å². The molecule has 2 fully saturated rings. The van der Waals surface area contributed by atoms with E-state index in [1.807, 2.05) is 0 Å². The maximum atomic E-state index is 6.06. The molecule has 2 aliphatic rings. The molecule has 0 bridgehead atoms. The quantitative estimate of drug-likeness (QED) is 0.874. The van der Waals surface area contributed by atoms with Gasteiger partial charge in [-0.15, -0.1) is 0 Å². The molecule has 3 atom stereocenters. The standard InChI is InChI=1S/C18H27NO/c1-3-19-17(18-13(2)11-12-20-18)16-10-5-4-9-15(16)14-7-6-8-14/h4-5,9-10,13-14,17-19H,3,6-8,11-12H2,1-2H3. The van der Waals surface area contributed by atoms with E-state index in [-0.39, 0.29) is 0 Å². The predicted octanol–water partition coefficient (Wildman–Crippen LogP) is 4.03. The highest BCUT2D eigenvalue weighted by molar-refractivity contribution is 5.35. The van der Waals surface area contributed by atoms with E-state index in [4.69, 9.17) is 4.74 Å². The molecule has 2 nitrogen and oxygen atoms in total. The van der Waals surface area contributed by atoms with Gasteiger partial charge in [0.1, 0.15) is 0 Å². The summed E-state index contributed by atoms with van der Waals surface area (Å²) < 4.78 is 6.06. The molecule has 20 heavy (non-hydrogen) atoms. The molecule has 1 aromatic rings. The fraction of sp³-hybridized carbons (Fsp3) is 0.667. The van der Waals surface area contributed by atoms with Crippen molar-refractivity contribution in [1.82, 2.24) is 5.32 Å². The molecule has 110 valence electrons. The molecule has 2 heteroatoms. The number of benzene rings is 1. The third-order valence-corrected chi connectivity index (χ3v) is 5.07. The summed E-state index contributed by atoms with van der Waals surface area (Å²) in [7, 11) is 0. The van der Waals surface area contributed by atoms with Crippen molar-refractivity contribution < 1.29 is 4.74 Å². The number of ether oxygens (including phenoxy) is 1. The average molecular weight is 273 g/mol. The zero-order valence-electron chi connectivity index (χ0n) is 12.8. The summed E-state index contributed by atoms with van der Waals surface area (Å²) in [6.45, 7) is 6.43. The number of nitrogens with one attached hydrogen (secondary N) is 1. The van der Waals surface area contributed by atoms with Crippen LogP contribution in [-0.2, 0) is 4.74 Å². The van der Waals surface area contributed by atoms with Crippen LogP contribution >= 0.6 is 0 Å². The largest absolute Gasteiger partial charge is 0.376 e. The summed E-state index contributed by atoms with van der Waals surface area (Å²) in [5.41, 5.74) is 3.05. The second-order valence-electron chi connectivity index (χ2n) is 6.39. The molecular formula is C18H27NO. The summed E-state index contributed by atoms with van der Waals surface area (Å²) in [6, 6.07) is 9.38. The highest BCUT2D eigenvalue weighted by Gasteiger charge is 2.35. The van der Waals surface area contributed by atoms with Crippen molar-refractivity contribution >= 4 is 0 Å². The van der Waals surface area contributed by atoms with Gasteiger partial charge in [-0.25, -0.2) is 0 Å². The third-order valence-electron chi connectivity index (χ3n) is 5.07. The smallest absolute Gasteiger partial charge is 0.0796 e. The van der Waals surface area contributed by atoms with Crippen molar-refractivity contribution in [3.8, 4) is 0 Å². The van der Waals surface area contributed by atoms with E-state index in [1.165, 1.54) is 31.2 Å². The fourth-order valence-electron chi connectivity index (χ4n) is 3.65. The molecule has 1 aromatic carbocycles. The van der Waals surface area contributed by atoms with Crippen LogP contribution in [0.15, 0.2) is 24.3 Å². The lowest BCUT2D eigenvalue weighted by Crippen LogP contribution is -2.35. The zero-order chi connectivity index (χ0) is 13.9. The first-order valence-corrected chi connectivity index (χ1v) is 8.25. The Morgan fingerprint density at radius 3 is 2.65 bits per heavy atom. The fourth-order valence-corrected chi connectivity index (χ4v) is 3.65. The van der Waals surface area contributed by atoms with Gasteiger partial charge in [0, 0.05) is 6.61 Å². The Morgan fingerprint density at radius 2 is 2.05 bits per heavy atom. The summed E-state index contributed by atoms with van der Waals surface area (Å²) >= 11 is 0. The summed E-state index contributed by atoms with van der Waals surface area (Å²) in [5.74, 6) is 1.43. The van der Waals surface area contributed by atoms with Gasteiger partial charge in [0.2, 0.25) is 0 Å². The van der Waals surface area contributed by atoms with Crippen LogP contribution in [0.5, 0.6) is 0 Å². The van der Waals surface area contributed by atoms with Gasteiger partial charge in [-0.2, -0.15) is 0 Å². The highest BCUT2D eigenvalue weighted by Crippen LogP contribution is 2.41. The summed E-state index contributed by atoms with van der Waals surface area (Å²) in [4.78, 5) is 0. The average Bonchev–Trinajstić information content (AvgIpc) is 2.81. The van der Waals surface area contributed by atoms with Gasteiger partial charge in [-0.1, -0.05) is 44.5 Å². The van der Waals surface area contributed by atoms with E-state index in [1.54, 1.807) is 5.56 Å². The minimum atomic E-state index is 0.330. The zero-order valence-corrected chi connectivity index (χ0v) is 12.8. The Kier molecular flexibility index (Phi) is 4.42. The van der Waals surface area contributed by atoms with E-state index < -0.39 is 0 Å². The second kappa shape index (κ2) is 6.28. The third kappa shape index (κ3) is 2.64. The van der Waals surface area contributed by atoms with Gasteiger partial charge >= 0.3 is 0 Å². The van der Waals surface area contributed by atoms with Gasteiger partial charge in [-0.3, -0.25) is 0 Å². The molecule has 1 heterocycles. The first kappa shape index (κ1) is 14.1. The monoisotopic (exact) mass is 273 g/mol. The van der Waals surface area contributed by atoms with Crippen LogP contribution in [0, 0.1) is 5.92 Å². The van der Waals surface area contributed by atoms with Crippen molar-refractivity contribution in [2.75, 3.05) is 13.2 Å². The van der Waals surface area contributed by atoms with Crippen molar-refractivity contribution in [2.45, 2.75) is 57.6 Å². The second-order valence-corrected chi connectivity index (χ2v) is 6.39. The molecule has 0 aromatic heterocycles.